The molecule has 2 aromatic carbocycles. The molecule has 3 aromatic rings. The Morgan fingerprint density at radius 2 is 1.73 bits per heavy atom. The first-order valence-electron chi connectivity index (χ1n) is 9.34. The predicted molar refractivity (Wildman–Crippen MR) is 113 cm³/mol. The number of methoxy groups -OCH3 is 1. The van der Waals surface area contributed by atoms with E-state index in [0.29, 0.717) is 54.0 Å². The molecule has 1 aromatic heterocycles. The highest BCUT2D eigenvalue weighted by molar-refractivity contribution is 7.71. The zero-order chi connectivity index (χ0) is 21.3. The van der Waals surface area contributed by atoms with Crippen molar-refractivity contribution in [3.63, 3.8) is 0 Å². The second-order valence-corrected chi connectivity index (χ2v) is 7.16. The zero-order valence-corrected chi connectivity index (χ0v) is 17.0. The van der Waals surface area contributed by atoms with Crippen LogP contribution >= 0.6 is 12.2 Å². The van der Waals surface area contributed by atoms with Crippen LogP contribution in [-0.2, 0) is 9.47 Å². The fourth-order valence-corrected chi connectivity index (χ4v) is 3.70. The lowest BCUT2D eigenvalue weighted by Gasteiger charge is -2.26. The molecule has 0 bridgehead atoms. The predicted octanol–water partition coefficient (Wildman–Crippen LogP) is 2.31. The van der Waals surface area contributed by atoms with Gasteiger partial charge in [0.15, 0.2) is 4.77 Å². The van der Waals surface area contributed by atoms with Crippen LogP contribution in [0.15, 0.2) is 47.3 Å². The van der Waals surface area contributed by atoms with Crippen LogP contribution in [0, 0.1) is 4.77 Å². The Kier molecular flexibility index (Phi) is 5.47. The van der Waals surface area contributed by atoms with Crippen molar-refractivity contribution < 1.29 is 19.1 Å². The van der Waals surface area contributed by atoms with E-state index in [1.54, 1.807) is 35.2 Å². The van der Waals surface area contributed by atoms with Gasteiger partial charge in [-0.05, 0) is 54.7 Å². The maximum atomic E-state index is 13.0. The van der Waals surface area contributed by atoms with Crippen molar-refractivity contribution in [2.45, 2.75) is 0 Å². The summed E-state index contributed by atoms with van der Waals surface area (Å²) in [5, 5.41) is 0.379. The van der Waals surface area contributed by atoms with Gasteiger partial charge in [0.25, 0.3) is 11.5 Å². The smallest absolute Gasteiger partial charge is 0.337 e. The molecule has 0 saturated carbocycles. The van der Waals surface area contributed by atoms with Gasteiger partial charge in [-0.3, -0.25) is 14.2 Å². The molecule has 1 N–H and O–H groups in total. The molecule has 1 fully saturated rings. The molecule has 8 nitrogen and oxygen atoms in total. The Labute approximate surface area is 176 Å². The topological polar surface area (TPSA) is 93.6 Å². The fraction of sp³-hybridized carbons (Fsp3) is 0.238. The molecule has 30 heavy (non-hydrogen) atoms. The number of rotatable bonds is 3. The van der Waals surface area contributed by atoms with Gasteiger partial charge >= 0.3 is 5.97 Å². The molecule has 0 aliphatic carbocycles. The Bertz CT molecular complexity index is 1240. The number of hydrogen-bond acceptors (Lipinski definition) is 6. The van der Waals surface area contributed by atoms with Crippen molar-refractivity contribution >= 4 is 35.0 Å². The Morgan fingerprint density at radius 1 is 1.07 bits per heavy atom. The van der Waals surface area contributed by atoms with Crippen LogP contribution in [0.25, 0.3) is 16.6 Å². The highest BCUT2D eigenvalue weighted by atomic mass is 32.1. The second kappa shape index (κ2) is 8.21. The lowest BCUT2D eigenvalue weighted by atomic mass is 10.1. The number of carbonyl (C=O) groups excluding carboxylic acids is 2. The van der Waals surface area contributed by atoms with Crippen molar-refractivity contribution in [2.75, 3.05) is 33.4 Å². The number of morpholine rings is 1. The van der Waals surface area contributed by atoms with Gasteiger partial charge in [0, 0.05) is 18.7 Å². The second-order valence-electron chi connectivity index (χ2n) is 6.77. The maximum Gasteiger partial charge on any atom is 0.337 e. The van der Waals surface area contributed by atoms with E-state index in [-0.39, 0.29) is 16.2 Å². The standard InChI is InChI=1S/C21H19N3O5S/c1-28-20(27)14-4-7-16-17(12-14)22-21(30)24(19(16)26)15-5-2-13(3-6-15)18(25)23-8-10-29-11-9-23/h2-7,12H,8-11H2,1H3,(H,22,30). The number of ether oxygens (including phenoxy) is 2. The van der Waals surface area contributed by atoms with Crippen molar-refractivity contribution in [3.05, 3.63) is 68.7 Å². The van der Waals surface area contributed by atoms with Gasteiger partial charge < -0.3 is 19.4 Å². The molecular weight excluding hydrogens is 406 g/mol. The van der Waals surface area contributed by atoms with E-state index < -0.39 is 5.97 Å². The summed E-state index contributed by atoms with van der Waals surface area (Å²) in [5.41, 5.74) is 1.52. The summed E-state index contributed by atoms with van der Waals surface area (Å²) in [4.78, 5) is 42.1. The van der Waals surface area contributed by atoms with Crippen molar-refractivity contribution in [1.29, 1.82) is 0 Å². The van der Waals surface area contributed by atoms with Crippen LogP contribution in [-0.4, -0.2) is 59.7 Å². The molecule has 0 unspecified atom stereocenters. The number of fused-ring (bicyclic) bond motifs is 1. The van der Waals surface area contributed by atoms with Crippen LogP contribution in [0.5, 0.6) is 0 Å². The number of aromatic amines is 1. The van der Waals surface area contributed by atoms with E-state index in [4.69, 9.17) is 21.7 Å². The van der Waals surface area contributed by atoms with Gasteiger partial charge in [-0.15, -0.1) is 0 Å². The van der Waals surface area contributed by atoms with Gasteiger partial charge in [-0.1, -0.05) is 0 Å². The maximum absolute atomic E-state index is 13.0. The van der Waals surface area contributed by atoms with E-state index in [2.05, 4.69) is 4.98 Å². The lowest BCUT2D eigenvalue weighted by Crippen LogP contribution is -2.40. The van der Waals surface area contributed by atoms with E-state index in [9.17, 15) is 14.4 Å². The Hall–Kier alpha value is -3.30. The Balaban J connectivity index is 1.70. The first-order chi connectivity index (χ1) is 14.5. The minimum Gasteiger partial charge on any atom is -0.465 e. The van der Waals surface area contributed by atoms with Gasteiger partial charge in [-0.2, -0.15) is 0 Å². The molecule has 0 atom stereocenters. The molecule has 4 rings (SSSR count). The quantitative estimate of drug-likeness (QED) is 0.511. The summed E-state index contributed by atoms with van der Waals surface area (Å²) in [7, 11) is 1.29. The van der Waals surface area contributed by atoms with E-state index in [1.807, 2.05) is 0 Å². The largest absolute Gasteiger partial charge is 0.465 e. The van der Waals surface area contributed by atoms with E-state index in [0.717, 1.165) is 0 Å². The summed E-state index contributed by atoms with van der Waals surface area (Å²) in [6.07, 6.45) is 0. The summed E-state index contributed by atoms with van der Waals surface area (Å²) >= 11 is 5.38. The number of benzene rings is 2. The Morgan fingerprint density at radius 3 is 2.40 bits per heavy atom. The monoisotopic (exact) mass is 425 g/mol. The van der Waals surface area contributed by atoms with Crippen molar-refractivity contribution in [2.24, 2.45) is 0 Å². The van der Waals surface area contributed by atoms with E-state index >= 15 is 0 Å². The van der Waals surface area contributed by atoms with Crippen LogP contribution in [0.3, 0.4) is 0 Å². The fourth-order valence-electron chi connectivity index (χ4n) is 3.40. The van der Waals surface area contributed by atoms with E-state index in [1.165, 1.54) is 23.8 Å². The minimum absolute atomic E-state index is 0.0730. The van der Waals surface area contributed by atoms with Gasteiger partial charge in [0.1, 0.15) is 0 Å². The number of esters is 1. The molecule has 1 aliphatic rings. The summed E-state index contributed by atoms with van der Waals surface area (Å²) in [6.45, 7) is 2.18. The number of H-pyrrole nitrogens is 1. The first-order valence-corrected chi connectivity index (χ1v) is 9.75. The lowest BCUT2D eigenvalue weighted by molar-refractivity contribution is 0.0303. The third-order valence-electron chi connectivity index (χ3n) is 4.99. The van der Waals surface area contributed by atoms with Gasteiger partial charge in [-0.25, -0.2) is 4.79 Å². The molecule has 0 radical (unpaired) electrons. The highest BCUT2D eigenvalue weighted by Gasteiger charge is 2.19. The minimum atomic E-state index is -0.499. The van der Waals surface area contributed by atoms with Crippen molar-refractivity contribution in [3.8, 4) is 5.69 Å². The summed E-state index contributed by atoms with van der Waals surface area (Å²) < 4.78 is 11.5. The number of nitrogens with one attached hydrogen (secondary N) is 1. The van der Waals surface area contributed by atoms with Crippen LogP contribution in [0.1, 0.15) is 20.7 Å². The number of aromatic nitrogens is 2. The average molecular weight is 425 g/mol. The van der Waals surface area contributed by atoms with Gasteiger partial charge in [0.05, 0.1) is 42.5 Å². The normalized spacial score (nSPS) is 14.0. The number of carbonyl (C=O) groups is 2. The zero-order valence-electron chi connectivity index (χ0n) is 16.2. The molecule has 1 aliphatic heterocycles. The first kappa shape index (κ1) is 20.0. The summed E-state index contributed by atoms with van der Waals surface area (Å²) in [6, 6.07) is 11.4. The molecule has 154 valence electrons. The number of amides is 1. The van der Waals surface area contributed by atoms with Crippen LogP contribution < -0.4 is 5.56 Å². The molecule has 0 spiro atoms. The highest BCUT2D eigenvalue weighted by Crippen LogP contribution is 2.16. The summed E-state index contributed by atoms with van der Waals surface area (Å²) in [5.74, 6) is -0.572. The third-order valence-corrected chi connectivity index (χ3v) is 5.27. The average Bonchev–Trinajstić information content (AvgIpc) is 2.78. The number of hydrogen-bond donors (Lipinski definition) is 1. The third kappa shape index (κ3) is 3.64. The number of nitrogens with zero attached hydrogens (tertiary/aromatic N) is 2. The van der Waals surface area contributed by atoms with Gasteiger partial charge in [0.2, 0.25) is 0 Å². The van der Waals surface area contributed by atoms with Crippen LogP contribution in [0.4, 0.5) is 0 Å². The van der Waals surface area contributed by atoms with Crippen molar-refractivity contribution in [1.82, 2.24) is 14.5 Å². The molecule has 9 heteroatoms. The van der Waals surface area contributed by atoms with Crippen LogP contribution in [0.2, 0.25) is 0 Å². The molecular formula is C21H19N3O5S. The molecule has 1 saturated heterocycles. The molecule has 1 amide bonds. The SMILES string of the molecule is COC(=O)c1ccc2c(=O)n(-c3ccc(C(=O)N4CCOCC4)cc3)c(=S)[nH]c2c1. The molecule has 2 heterocycles.